The first-order valence-electron chi connectivity index (χ1n) is 4.22. The van der Waals surface area contributed by atoms with Gasteiger partial charge in [-0.25, -0.2) is 4.39 Å². The van der Waals surface area contributed by atoms with Gasteiger partial charge in [0.15, 0.2) is 0 Å². The van der Waals surface area contributed by atoms with Crippen LogP contribution in [0.1, 0.15) is 25.0 Å². The summed E-state index contributed by atoms with van der Waals surface area (Å²) in [6.07, 6.45) is -4.53. The van der Waals surface area contributed by atoms with Crippen LogP contribution in [0.4, 0.5) is 17.6 Å². The van der Waals surface area contributed by atoms with E-state index in [1.54, 1.807) is 0 Å². The van der Waals surface area contributed by atoms with Crippen molar-refractivity contribution >= 4 is 0 Å². The summed E-state index contributed by atoms with van der Waals surface area (Å²) < 4.78 is 50.0. The normalized spacial score (nSPS) is 13.0. The fraction of sp³-hybridized carbons (Fsp3) is 0.400. The maximum Gasteiger partial charge on any atom is 0.416 e. The van der Waals surface area contributed by atoms with Crippen molar-refractivity contribution < 1.29 is 22.7 Å². The zero-order chi connectivity index (χ0) is 11.9. The predicted molar refractivity (Wildman–Crippen MR) is 46.6 cm³/mol. The molecule has 0 fully saturated rings. The van der Waals surface area contributed by atoms with Crippen LogP contribution in [-0.2, 0) is 11.8 Å². The zero-order valence-corrected chi connectivity index (χ0v) is 8.19. The number of hydrogen-bond donors (Lipinski definition) is 1. The van der Waals surface area contributed by atoms with E-state index in [1.165, 1.54) is 13.8 Å². The van der Waals surface area contributed by atoms with Crippen molar-refractivity contribution in [3.8, 4) is 0 Å². The largest absolute Gasteiger partial charge is 0.416 e. The van der Waals surface area contributed by atoms with Crippen LogP contribution >= 0.6 is 0 Å². The number of halogens is 4. The van der Waals surface area contributed by atoms with Gasteiger partial charge in [0.05, 0.1) is 11.2 Å². The van der Waals surface area contributed by atoms with Crippen LogP contribution in [0.15, 0.2) is 18.2 Å². The number of benzene rings is 1. The molecular weight excluding hydrogens is 212 g/mol. The molecule has 1 aromatic carbocycles. The van der Waals surface area contributed by atoms with E-state index in [-0.39, 0.29) is 5.56 Å². The van der Waals surface area contributed by atoms with Gasteiger partial charge in [-0.2, -0.15) is 13.2 Å². The van der Waals surface area contributed by atoms with Crippen molar-refractivity contribution in [1.82, 2.24) is 0 Å². The Bertz CT molecular complexity index is 363. The Balaban J connectivity index is 3.30. The topological polar surface area (TPSA) is 20.2 Å². The SMILES string of the molecule is CC(C)(O)c1cc(C(F)(F)F)ccc1F. The van der Waals surface area contributed by atoms with Gasteiger partial charge in [-0.05, 0) is 32.0 Å². The highest BCUT2D eigenvalue weighted by molar-refractivity contribution is 5.30. The Morgan fingerprint density at radius 1 is 1.13 bits per heavy atom. The lowest BCUT2D eigenvalue weighted by Crippen LogP contribution is -2.19. The molecule has 0 aliphatic rings. The molecule has 0 bridgehead atoms. The summed E-state index contributed by atoms with van der Waals surface area (Å²) in [5.41, 5.74) is -2.97. The van der Waals surface area contributed by atoms with Crippen LogP contribution in [-0.4, -0.2) is 5.11 Å². The molecule has 1 aromatic rings. The monoisotopic (exact) mass is 222 g/mol. The van der Waals surface area contributed by atoms with Gasteiger partial charge in [0.25, 0.3) is 0 Å². The molecule has 0 saturated carbocycles. The molecule has 0 saturated heterocycles. The summed E-state index contributed by atoms with van der Waals surface area (Å²) >= 11 is 0. The zero-order valence-electron chi connectivity index (χ0n) is 8.19. The summed E-state index contributed by atoms with van der Waals surface area (Å²) in [6.45, 7) is 2.46. The van der Waals surface area contributed by atoms with E-state index in [0.717, 1.165) is 0 Å². The molecule has 1 nitrogen and oxygen atoms in total. The van der Waals surface area contributed by atoms with E-state index in [4.69, 9.17) is 0 Å². The lowest BCUT2D eigenvalue weighted by atomic mass is 9.96. The fourth-order valence-electron chi connectivity index (χ4n) is 1.17. The van der Waals surface area contributed by atoms with Crippen molar-refractivity contribution in [2.75, 3.05) is 0 Å². The molecule has 0 amide bonds. The molecule has 84 valence electrons. The highest BCUT2D eigenvalue weighted by Crippen LogP contribution is 2.33. The Morgan fingerprint density at radius 2 is 1.67 bits per heavy atom. The van der Waals surface area contributed by atoms with Gasteiger partial charge in [0.1, 0.15) is 5.82 Å². The van der Waals surface area contributed by atoms with Crippen LogP contribution in [0, 0.1) is 5.82 Å². The molecule has 0 aliphatic heterocycles. The van der Waals surface area contributed by atoms with Gasteiger partial charge in [0, 0.05) is 5.56 Å². The Labute approximate surface area is 84.3 Å². The number of aliphatic hydroxyl groups is 1. The smallest absolute Gasteiger partial charge is 0.386 e. The minimum absolute atomic E-state index is 0.364. The predicted octanol–water partition coefficient (Wildman–Crippen LogP) is 3.07. The van der Waals surface area contributed by atoms with Gasteiger partial charge in [-0.15, -0.1) is 0 Å². The van der Waals surface area contributed by atoms with Crippen molar-refractivity contribution in [3.63, 3.8) is 0 Å². The summed E-state index contributed by atoms with van der Waals surface area (Å²) in [4.78, 5) is 0. The molecule has 0 heterocycles. The first kappa shape index (κ1) is 12.0. The molecule has 15 heavy (non-hydrogen) atoms. The lowest BCUT2D eigenvalue weighted by Gasteiger charge is -2.20. The van der Waals surface area contributed by atoms with E-state index in [2.05, 4.69) is 0 Å². The van der Waals surface area contributed by atoms with Gasteiger partial charge in [0.2, 0.25) is 0 Å². The summed E-state index contributed by atoms with van der Waals surface area (Å²) in [6, 6.07) is 1.97. The summed E-state index contributed by atoms with van der Waals surface area (Å²) in [5, 5.41) is 9.45. The first-order chi connectivity index (χ1) is 6.62. The third kappa shape index (κ3) is 2.68. The second-order valence-electron chi connectivity index (χ2n) is 3.75. The molecule has 0 unspecified atom stereocenters. The average Bonchev–Trinajstić information content (AvgIpc) is 2.00. The van der Waals surface area contributed by atoms with E-state index in [9.17, 15) is 22.7 Å². The second kappa shape index (κ2) is 3.48. The molecule has 0 spiro atoms. The Kier molecular flexibility index (Phi) is 2.78. The van der Waals surface area contributed by atoms with Crippen LogP contribution in [0.25, 0.3) is 0 Å². The van der Waals surface area contributed by atoms with Crippen molar-refractivity contribution in [1.29, 1.82) is 0 Å². The molecule has 5 heteroatoms. The number of alkyl halides is 3. The summed E-state index contributed by atoms with van der Waals surface area (Å²) in [5.74, 6) is -0.851. The van der Waals surface area contributed by atoms with Crippen LogP contribution in [0.3, 0.4) is 0 Å². The van der Waals surface area contributed by atoms with E-state index >= 15 is 0 Å². The molecule has 0 atom stereocenters. The Hall–Kier alpha value is -1.10. The molecule has 0 aromatic heterocycles. The molecule has 1 rings (SSSR count). The minimum Gasteiger partial charge on any atom is -0.386 e. The highest BCUT2D eigenvalue weighted by Gasteiger charge is 2.33. The maximum atomic E-state index is 13.1. The van der Waals surface area contributed by atoms with Gasteiger partial charge < -0.3 is 5.11 Å². The first-order valence-corrected chi connectivity index (χ1v) is 4.22. The van der Waals surface area contributed by atoms with E-state index < -0.39 is 23.2 Å². The molecule has 0 aliphatic carbocycles. The van der Waals surface area contributed by atoms with Crippen LogP contribution < -0.4 is 0 Å². The van der Waals surface area contributed by atoms with Gasteiger partial charge >= 0.3 is 6.18 Å². The molecular formula is C10H10F4O. The van der Waals surface area contributed by atoms with Gasteiger partial charge in [-0.3, -0.25) is 0 Å². The minimum atomic E-state index is -4.53. The Morgan fingerprint density at radius 3 is 2.07 bits per heavy atom. The van der Waals surface area contributed by atoms with Crippen LogP contribution in [0.2, 0.25) is 0 Å². The van der Waals surface area contributed by atoms with Crippen molar-refractivity contribution in [2.45, 2.75) is 25.6 Å². The van der Waals surface area contributed by atoms with Gasteiger partial charge in [-0.1, -0.05) is 0 Å². The third-order valence-corrected chi connectivity index (χ3v) is 1.95. The van der Waals surface area contributed by atoms with E-state index in [1.807, 2.05) is 0 Å². The second-order valence-corrected chi connectivity index (χ2v) is 3.75. The van der Waals surface area contributed by atoms with E-state index in [0.29, 0.717) is 18.2 Å². The lowest BCUT2D eigenvalue weighted by molar-refractivity contribution is -0.137. The van der Waals surface area contributed by atoms with Crippen molar-refractivity contribution in [3.05, 3.63) is 35.1 Å². The maximum absolute atomic E-state index is 13.1. The highest BCUT2D eigenvalue weighted by atomic mass is 19.4. The van der Waals surface area contributed by atoms with Crippen LogP contribution in [0.5, 0.6) is 0 Å². The summed E-state index contributed by atoms with van der Waals surface area (Å²) in [7, 11) is 0. The molecule has 0 radical (unpaired) electrons. The molecule has 1 N–H and O–H groups in total. The third-order valence-electron chi connectivity index (χ3n) is 1.95. The van der Waals surface area contributed by atoms with Crippen molar-refractivity contribution in [2.24, 2.45) is 0 Å². The average molecular weight is 222 g/mol. The quantitative estimate of drug-likeness (QED) is 0.724. The standard InChI is InChI=1S/C10H10F4O/c1-9(2,15)7-5-6(10(12,13)14)3-4-8(7)11/h3-5,15H,1-2H3. The fourth-order valence-corrected chi connectivity index (χ4v) is 1.17. The number of hydrogen-bond acceptors (Lipinski definition) is 1. The number of rotatable bonds is 1.